The highest BCUT2D eigenvalue weighted by Gasteiger charge is 2.45. The van der Waals surface area contributed by atoms with E-state index in [1.54, 1.807) is 0 Å². The molecule has 3 rings (SSSR count). The molecule has 1 N–H and O–H groups in total. The molecule has 2 nitrogen and oxygen atoms in total. The number of rotatable bonds is 4. The van der Waals surface area contributed by atoms with Gasteiger partial charge in [0.2, 0.25) is 0 Å². The number of phenolic OH excluding ortho intramolecular Hbond substituents is 1. The van der Waals surface area contributed by atoms with E-state index in [1.165, 1.54) is 12.8 Å². The lowest BCUT2D eigenvalue weighted by Crippen LogP contribution is -2.45. The number of hydrogen-bond donors (Lipinski definition) is 1. The fraction of sp³-hybridized carbons (Fsp3) is 0.619. The second kappa shape index (κ2) is 6.22. The zero-order valence-electron chi connectivity index (χ0n) is 16.8. The summed E-state index contributed by atoms with van der Waals surface area (Å²) in [5, 5.41) is 10.7. The van der Waals surface area contributed by atoms with Crippen molar-refractivity contribution >= 4 is 0 Å². The van der Waals surface area contributed by atoms with Crippen LogP contribution in [-0.2, 0) is 6.42 Å². The number of aryl methyl sites for hydroxylation is 1. The van der Waals surface area contributed by atoms with E-state index in [2.05, 4.69) is 13.0 Å². The van der Waals surface area contributed by atoms with Gasteiger partial charge in [0.05, 0.1) is 0 Å². The monoisotopic (exact) mass is 316 g/mol. The Morgan fingerprint density at radius 2 is 2.13 bits per heavy atom. The molecule has 1 aliphatic carbocycles. The maximum atomic E-state index is 10.7. The molecule has 2 aliphatic rings. The van der Waals surface area contributed by atoms with E-state index < -0.39 is 12.0 Å². The third-order valence-corrected chi connectivity index (χ3v) is 5.31. The SMILES string of the molecule is [2H]C1([2H])C[C@@H]2[C@@H](C=C1C)c1c(O)cc(CCCCC)cc1OC2(C)C. The van der Waals surface area contributed by atoms with Crippen molar-refractivity contribution in [3.8, 4) is 11.5 Å². The van der Waals surface area contributed by atoms with Gasteiger partial charge in [-0.15, -0.1) is 0 Å². The maximum absolute atomic E-state index is 10.7. The number of ether oxygens (including phenoxy) is 1. The fourth-order valence-electron chi connectivity index (χ4n) is 3.97. The second-order valence-corrected chi connectivity index (χ2v) is 7.55. The van der Waals surface area contributed by atoms with Gasteiger partial charge in [-0.05, 0) is 64.1 Å². The van der Waals surface area contributed by atoms with Gasteiger partial charge in [0.15, 0.2) is 0 Å². The van der Waals surface area contributed by atoms with Crippen LogP contribution in [0.2, 0.25) is 0 Å². The molecule has 0 bridgehead atoms. The molecule has 1 aromatic carbocycles. The molecule has 1 aliphatic heterocycles. The highest BCUT2D eigenvalue weighted by Crippen LogP contribution is 2.53. The van der Waals surface area contributed by atoms with Gasteiger partial charge >= 0.3 is 0 Å². The molecule has 0 fully saturated rings. The number of fused-ring (bicyclic) bond motifs is 3. The average Bonchev–Trinajstić information content (AvgIpc) is 2.49. The van der Waals surface area contributed by atoms with Crippen molar-refractivity contribution in [1.29, 1.82) is 0 Å². The first-order valence-corrected chi connectivity index (χ1v) is 8.89. The number of aromatic hydroxyl groups is 1. The summed E-state index contributed by atoms with van der Waals surface area (Å²) in [6.45, 7) is 8.12. The number of allylic oxidation sites excluding steroid dienone is 2. The largest absolute Gasteiger partial charge is 0.507 e. The van der Waals surface area contributed by atoms with Gasteiger partial charge in [0.25, 0.3) is 0 Å². The van der Waals surface area contributed by atoms with Crippen molar-refractivity contribution in [2.24, 2.45) is 5.92 Å². The summed E-state index contributed by atoms with van der Waals surface area (Å²) < 4.78 is 22.8. The number of unbranched alkanes of at least 4 members (excludes halogenated alkanes) is 2. The van der Waals surface area contributed by atoms with Crippen LogP contribution in [0.5, 0.6) is 11.5 Å². The molecular weight excluding hydrogens is 284 g/mol. The minimum absolute atomic E-state index is 0.00673. The smallest absolute Gasteiger partial charge is 0.127 e. The molecule has 23 heavy (non-hydrogen) atoms. The molecule has 1 aromatic rings. The Bertz CT molecular complexity index is 691. The van der Waals surface area contributed by atoms with Crippen LogP contribution in [0.1, 0.15) is 79.5 Å². The van der Waals surface area contributed by atoms with E-state index in [4.69, 9.17) is 7.48 Å². The van der Waals surface area contributed by atoms with Crippen LogP contribution in [0, 0.1) is 5.92 Å². The van der Waals surface area contributed by atoms with Gasteiger partial charge in [0, 0.05) is 20.1 Å². The van der Waals surface area contributed by atoms with Crippen LogP contribution in [0.3, 0.4) is 0 Å². The fourth-order valence-corrected chi connectivity index (χ4v) is 3.97. The van der Waals surface area contributed by atoms with Crippen molar-refractivity contribution in [2.45, 2.75) is 77.7 Å². The van der Waals surface area contributed by atoms with Gasteiger partial charge in [-0.1, -0.05) is 31.4 Å². The van der Waals surface area contributed by atoms with Crippen molar-refractivity contribution in [1.82, 2.24) is 0 Å². The highest BCUT2D eigenvalue weighted by atomic mass is 16.5. The van der Waals surface area contributed by atoms with Crippen LogP contribution in [0.15, 0.2) is 23.8 Å². The molecular formula is C21H30O2. The van der Waals surface area contributed by atoms with Crippen LogP contribution >= 0.6 is 0 Å². The standard InChI is InChI=1S/C21H30O2/c1-5-6-7-8-15-12-18(22)20-16-11-14(2)9-10-17(16)21(3,4)23-19(20)13-15/h11-13,16-17,22H,5-10H2,1-4H3/t16-,17-/m1/s1/i9D2. The number of benzene rings is 1. The molecule has 2 heteroatoms. The van der Waals surface area contributed by atoms with Crippen molar-refractivity contribution in [2.75, 3.05) is 0 Å². The Hall–Kier alpha value is -1.44. The van der Waals surface area contributed by atoms with Crippen LogP contribution < -0.4 is 4.74 Å². The van der Waals surface area contributed by atoms with Crippen LogP contribution in [-0.4, -0.2) is 10.7 Å². The van der Waals surface area contributed by atoms with E-state index >= 15 is 0 Å². The lowest BCUT2D eigenvalue weighted by molar-refractivity contribution is 0.0107. The zero-order chi connectivity index (χ0) is 18.4. The average molecular weight is 316 g/mol. The van der Waals surface area contributed by atoms with Crippen molar-refractivity contribution in [3.05, 3.63) is 34.9 Å². The maximum Gasteiger partial charge on any atom is 0.127 e. The number of hydrogen-bond acceptors (Lipinski definition) is 2. The quantitative estimate of drug-likeness (QED) is 0.567. The Labute approximate surface area is 143 Å². The minimum atomic E-state index is -1.31. The molecule has 0 radical (unpaired) electrons. The van der Waals surface area contributed by atoms with Crippen molar-refractivity contribution in [3.63, 3.8) is 0 Å². The van der Waals surface area contributed by atoms with E-state index in [0.717, 1.165) is 35.3 Å². The van der Waals surface area contributed by atoms with Crippen molar-refractivity contribution < 1.29 is 12.6 Å². The number of phenols is 1. The third-order valence-electron chi connectivity index (χ3n) is 5.31. The third kappa shape index (κ3) is 3.13. The molecule has 0 spiro atoms. The Morgan fingerprint density at radius 1 is 1.35 bits per heavy atom. The summed E-state index contributed by atoms with van der Waals surface area (Å²) in [5.74, 6) is 1.08. The lowest BCUT2D eigenvalue weighted by Gasteiger charge is -2.46. The summed E-state index contributed by atoms with van der Waals surface area (Å²) in [4.78, 5) is 0. The molecule has 0 unspecified atom stereocenters. The topological polar surface area (TPSA) is 29.5 Å². The van der Waals surface area contributed by atoms with Gasteiger partial charge in [-0.3, -0.25) is 0 Å². The van der Waals surface area contributed by atoms with E-state index in [-0.39, 0.29) is 11.8 Å². The van der Waals surface area contributed by atoms with Gasteiger partial charge in [0.1, 0.15) is 17.1 Å². The summed E-state index contributed by atoms with van der Waals surface area (Å²) in [5.41, 5.74) is 2.24. The molecule has 126 valence electrons. The normalized spacial score (nSPS) is 28.6. The minimum Gasteiger partial charge on any atom is -0.507 e. The van der Waals surface area contributed by atoms with E-state index in [9.17, 15) is 5.11 Å². The predicted octanol–water partition coefficient (Wildman–Crippen LogP) is 5.74. The zero-order valence-corrected chi connectivity index (χ0v) is 14.8. The van der Waals surface area contributed by atoms with Crippen LogP contribution in [0.4, 0.5) is 0 Å². The van der Waals surface area contributed by atoms with Crippen LogP contribution in [0.25, 0.3) is 0 Å². The summed E-state index contributed by atoms with van der Waals surface area (Å²) in [6.07, 6.45) is 5.54. The first kappa shape index (κ1) is 13.9. The van der Waals surface area contributed by atoms with E-state index in [1.807, 2.05) is 32.9 Å². The molecule has 1 heterocycles. The van der Waals surface area contributed by atoms with Gasteiger partial charge in [-0.2, -0.15) is 0 Å². The lowest BCUT2D eigenvalue weighted by atomic mass is 9.68. The molecule has 2 atom stereocenters. The summed E-state index contributed by atoms with van der Waals surface area (Å²) in [6, 6.07) is 3.95. The van der Waals surface area contributed by atoms with Gasteiger partial charge < -0.3 is 9.84 Å². The summed E-state index contributed by atoms with van der Waals surface area (Å²) in [7, 11) is 0. The van der Waals surface area contributed by atoms with E-state index in [0.29, 0.717) is 12.2 Å². The molecule has 0 saturated carbocycles. The first-order valence-electron chi connectivity index (χ1n) is 9.89. The Kier molecular flexibility index (Phi) is 3.77. The van der Waals surface area contributed by atoms with Gasteiger partial charge in [-0.25, -0.2) is 0 Å². The molecule has 0 aromatic heterocycles. The molecule has 0 amide bonds. The highest BCUT2D eigenvalue weighted by molar-refractivity contribution is 5.53. The summed E-state index contributed by atoms with van der Waals surface area (Å²) >= 11 is 0. The Morgan fingerprint density at radius 3 is 2.87 bits per heavy atom. The molecule has 0 saturated heterocycles. The Balaban J connectivity index is 2.03. The second-order valence-electron chi connectivity index (χ2n) is 7.55. The predicted molar refractivity (Wildman–Crippen MR) is 95.3 cm³/mol. The first-order chi connectivity index (χ1) is 11.7.